The number of anilines is 3. The average molecular weight is 809 g/mol. The Hall–Kier alpha value is -6.14. The molecule has 0 unspecified atom stereocenters. The van der Waals surface area contributed by atoms with Crippen molar-refractivity contribution in [3.05, 3.63) is 62.0 Å². The first kappa shape index (κ1) is 39.1. The number of β-lactam (4-membered cyclic amide) rings is 1. The summed E-state index contributed by atoms with van der Waals surface area (Å²) in [6.07, 6.45) is 3.57. The van der Waals surface area contributed by atoms with Crippen molar-refractivity contribution in [2.45, 2.75) is 37.4 Å². The van der Waals surface area contributed by atoms with Gasteiger partial charge in [-0.15, -0.1) is 11.8 Å². The van der Waals surface area contributed by atoms with E-state index in [1.165, 1.54) is 42.7 Å². The number of thiazole rings is 1. The first-order valence-corrected chi connectivity index (χ1v) is 17.6. The summed E-state index contributed by atoms with van der Waals surface area (Å²) < 4.78 is 1.77. The van der Waals surface area contributed by atoms with Crippen molar-refractivity contribution in [1.82, 2.24) is 30.2 Å². The summed E-state index contributed by atoms with van der Waals surface area (Å²) in [5, 5.41) is 49.5. The molecule has 3 aromatic heterocycles. The molecule has 11 N–H and O–H groups in total. The summed E-state index contributed by atoms with van der Waals surface area (Å²) in [7, 11) is 0. The molecule has 0 spiro atoms. The first-order chi connectivity index (χ1) is 25.4. The van der Waals surface area contributed by atoms with Crippen LogP contribution in [-0.2, 0) is 30.6 Å². The SMILES string of the molecule is CC(C)(O/N=C(\C(=O)N[C@@H]1C(=O)N2C(C(=O)O)=C(C[n+]3cnc(N)c(NCCNC(=O)c4cc(=O)c(O)cn4O)c3)CS[C@H]12)c1nc(N)sc1Cl)C(=O)O. The Labute approximate surface area is 316 Å². The van der Waals surface area contributed by atoms with E-state index in [9.17, 15) is 49.3 Å². The number of rotatable bonds is 14. The van der Waals surface area contributed by atoms with E-state index in [-0.39, 0.29) is 52.1 Å². The lowest BCUT2D eigenvalue weighted by molar-refractivity contribution is -0.691. The summed E-state index contributed by atoms with van der Waals surface area (Å²) in [6.45, 7) is 2.44. The van der Waals surface area contributed by atoms with Gasteiger partial charge in [-0.1, -0.05) is 28.1 Å². The summed E-state index contributed by atoms with van der Waals surface area (Å²) >= 11 is 8.18. The van der Waals surface area contributed by atoms with Crippen LogP contribution >= 0.6 is 34.7 Å². The number of carboxylic acid groups (broad SMARTS) is 2. The van der Waals surface area contributed by atoms with Gasteiger partial charge in [0.05, 0.1) is 6.20 Å². The number of thioether (sulfide) groups is 1. The van der Waals surface area contributed by atoms with Gasteiger partial charge in [0.1, 0.15) is 51.3 Å². The molecule has 0 bridgehead atoms. The number of nitrogens with two attached hydrogens (primary N) is 2. The molecule has 0 aromatic carbocycles. The van der Waals surface area contributed by atoms with Crippen molar-refractivity contribution < 1.29 is 53.9 Å². The van der Waals surface area contributed by atoms with Gasteiger partial charge in [-0.05, 0) is 18.8 Å². The van der Waals surface area contributed by atoms with Crippen LogP contribution in [0.15, 0.2) is 46.0 Å². The number of aliphatic carboxylic acids is 2. The lowest BCUT2D eigenvalue weighted by atomic mass is 10.0. The predicted molar refractivity (Wildman–Crippen MR) is 190 cm³/mol. The standard InChI is InChI=1S/C29H30ClN11O11S2/c1-29(2,27(49)50)52-38-17(16-20(30)54-28(32)37-16)23(45)36-18-24(46)41-19(26(47)48)11(9-53-25(18)41)6-39-7-12(21(31)35-10-39)33-3-4-34-22(44)13-5-14(42)15(43)8-40(13)51/h5,7-8,10,18,25,31,33,51H,3-4,6,9H2,1-2H3,(H7,32,34,36,37,43,44,45,47,48,49,50)/p+1/b38-17-/t18-,25-/m1/s1. The van der Waals surface area contributed by atoms with Gasteiger partial charge in [-0.25, -0.2) is 19.1 Å². The fourth-order valence-corrected chi connectivity index (χ4v) is 7.19. The van der Waals surface area contributed by atoms with Gasteiger partial charge in [-0.2, -0.15) is 4.73 Å². The Morgan fingerprint density at radius 2 is 1.93 bits per heavy atom. The van der Waals surface area contributed by atoms with Crippen LogP contribution < -0.4 is 37.4 Å². The average Bonchev–Trinajstić information content (AvgIpc) is 3.44. The van der Waals surface area contributed by atoms with Crippen LogP contribution in [0.4, 0.5) is 16.6 Å². The zero-order chi connectivity index (χ0) is 39.6. The van der Waals surface area contributed by atoms with Crippen LogP contribution in [0.2, 0.25) is 4.34 Å². The molecule has 0 radical (unpaired) electrons. The molecule has 0 saturated carbocycles. The summed E-state index contributed by atoms with van der Waals surface area (Å²) in [4.78, 5) is 89.1. The highest BCUT2D eigenvalue weighted by Gasteiger charge is 2.54. The molecule has 2 atom stereocenters. The van der Waals surface area contributed by atoms with E-state index >= 15 is 0 Å². The molecule has 54 heavy (non-hydrogen) atoms. The number of nitrogens with one attached hydrogen (secondary N) is 3. The number of halogens is 1. The van der Waals surface area contributed by atoms with Gasteiger partial charge >= 0.3 is 11.9 Å². The highest BCUT2D eigenvalue weighted by molar-refractivity contribution is 8.00. The van der Waals surface area contributed by atoms with Gasteiger partial charge < -0.3 is 52.8 Å². The van der Waals surface area contributed by atoms with E-state index in [1.54, 1.807) is 0 Å². The second-order valence-corrected chi connectivity index (χ2v) is 14.7. The zero-order valence-corrected chi connectivity index (χ0v) is 30.4. The van der Waals surface area contributed by atoms with Crippen LogP contribution in [0.5, 0.6) is 5.75 Å². The molecular formula is C29H31ClN11O11S2+. The van der Waals surface area contributed by atoms with Crippen molar-refractivity contribution in [1.29, 1.82) is 0 Å². The maximum Gasteiger partial charge on any atom is 0.352 e. The van der Waals surface area contributed by atoms with Gasteiger partial charge in [0.2, 0.25) is 11.0 Å². The number of nitrogen functional groups attached to an aromatic ring is 2. The van der Waals surface area contributed by atoms with Crippen molar-refractivity contribution in [3.8, 4) is 5.75 Å². The quantitative estimate of drug-likeness (QED) is 0.0226. The Morgan fingerprint density at radius 3 is 2.57 bits per heavy atom. The number of pyridine rings is 1. The van der Waals surface area contributed by atoms with E-state index in [4.69, 9.17) is 27.9 Å². The Balaban J connectivity index is 1.26. The number of carbonyl (C=O) groups is 5. The van der Waals surface area contributed by atoms with Crippen LogP contribution in [0, 0.1) is 0 Å². The second kappa shape index (κ2) is 15.5. The number of amides is 3. The molecule has 2 aliphatic rings. The van der Waals surface area contributed by atoms with E-state index in [0.717, 1.165) is 22.3 Å². The highest BCUT2D eigenvalue weighted by atomic mass is 35.5. The predicted octanol–water partition coefficient (Wildman–Crippen LogP) is -1.39. The van der Waals surface area contributed by atoms with Crippen LogP contribution in [0.3, 0.4) is 0 Å². The fraction of sp³-hybridized carbons (Fsp3) is 0.310. The Kier molecular flexibility index (Phi) is 11.2. The summed E-state index contributed by atoms with van der Waals surface area (Å²) in [5.74, 6) is -5.89. The summed E-state index contributed by atoms with van der Waals surface area (Å²) in [5.41, 5.74) is 8.15. The van der Waals surface area contributed by atoms with Gasteiger partial charge in [0.15, 0.2) is 16.6 Å². The molecule has 2 aliphatic heterocycles. The molecular weight excluding hydrogens is 778 g/mol. The maximum atomic E-state index is 13.4. The largest absolute Gasteiger partial charge is 0.503 e. The smallest absolute Gasteiger partial charge is 0.352 e. The van der Waals surface area contributed by atoms with Crippen molar-refractivity contribution >= 4 is 86.7 Å². The molecule has 5 rings (SSSR count). The highest BCUT2D eigenvalue weighted by Crippen LogP contribution is 2.40. The maximum absolute atomic E-state index is 13.4. The number of carbonyl (C=O) groups excluding carboxylic acids is 3. The monoisotopic (exact) mass is 808 g/mol. The minimum Gasteiger partial charge on any atom is -0.503 e. The normalized spacial score (nSPS) is 17.0. The number of aromatic nitrogens is 4. The van der Waals surface area contributed by atoms with E-state index < -0.39 is 69.3 Å². The van der Waals surface area contributed by atoms with E-state index in [1.807, 2.05) is 0 Å². The molecule has 5 heterocycles. The van der Waals surface area contributed by atoms with Crippen molar-refractivity contribution in [3.63, 3.8) is 0 Å². The Bertz CT molecular complexity index is 2190. The molecule has 25 heteroatoms. The van der Waals surface area contributed by atoms with E-state index in [2.05, 4.69) is 31.1 Å². The van der Waals surface area contributed by atoms with Crippen molar-refractivity contribution in [2.75, 3.05) is 35.6 Å². The molecule has 1 saturated heterocycles. The molecule has 286 valence electrons. The topological polar surface area (TPSA) is 331 Å². The number of carboxylic acids is 2. The number of aromatic hydroxyl groups is 1. The zero-order valence-electron chi connectivity index (χ0n) is 28.0. The van der Waals surface area contributed by atoms with Crippen LogP contribution in [0.25, 0.3) is 0 Å². The van der Waals surface area contributed by atoms with E-state index in [0.29, 0.717) is 22.2 Å². The van der Waals surface area contributed by atoms with Crippen LogP contribution in [0.1, 0.15) is 30.0 Å². The molecule has 1 fully saturated rings. The molecule has 3 amide bonds. The number of nitrogens with zero attached hydrogens (tertiary/aromatic N) is 6. The number of fused-ring (bicyclic) bond motifs is 1. The van der Waals surface area contributed by atoms with Crippen molar-refractivity contribution in [2.24, 2.45) is 5.16 Å². The van der Waals surface area contributed by atoms with Gasteiger partial charge in [0, 0.05) is 30.5 Å². The third kappa shape index (κ3) is 8.08. The molecule has 3 aromatic rings. The lowest BCUT2D eigenvalue weighted by Gasteiger charge is -2.49. The number of hydrogen-bond donors (Lipinski definition) is 9. The number of hydrogen-bond acceptors (Lipinski definition) is 17. The molecule has 22 nitrogen and oxygen atoms in total. The van der Waals surface area contributed by atoms with Crippen LogP contribution in [-0.4, -0.2) is 111 Å². The minimum atomic E-state index is -1.86. The summed E-state index contributed by atoms with van der Waals surface area (Å²) in [6, 6.07) is -0.451. The minimum absolute atomic E-state index is 0.00504. The Morgan fingerprint density at radius 1 is 1.20 bits per heavy atom. The number of oxime groups is 1. The lowest BCUT2D eigenvalue weighted by Crippen LogP contribution is -2.71. The van der Waals surface area contributed by atoms with Gasteiger partial charge in [-0.3, -0.25) is 24.1 Å². The third-order valence-corrected chi connectivity index (χ3v) is 10.1. The third-order valence-electron chi connectivity index (χ3n) is 7.72. The first-order valence-electron chi connectivity index (χ1n) is 15.3. The molecule has 0 aliphatic carbocycles. The fourth-order valence-electron chi connectivity index (χ4n) is 4.93. The second-order valence-electron chi connectivity index (χ2n) is 11.9. The van der Waals surface area contributed by atoms with Gasteiger partial charge in [0.25, 0.3) is 29.9 Å².